The van der Waals surface area contributed by atoms with Crippen molar-refractivity contribution in [2.75, 3.05) is 13.2 Å². The summed E-state index contributed by atoms with van der Waals surface area (Å²) in [7, 11) is 0. The molecule has 1 aromatic rings. The lowest BCUT2D eigenvalue weighted by molar-refractivity contribution is 0.0950. The van der Waals surface area contributed by atoms with Gasteiger partial charge in [0.2, 0.25) is 0 Å². The molecule has 1 amide bonds. The fourth-order valence-electron chi connectivity index (χ4n) is 1.10. The van der Waals surface area contributed by atoms with Crippen LogP contribution >= 0.6 is 0 Å². The van der Waals surface area contributed by atoms with Gasteiger partial charge in [-0.3, -0.25) is 4.79 Å². The summed E-state index contributed by atoms with van der Waals surface area (Å²) in [5.41, 5.74) is 0.465. The van der Waals surface area contributed by atoms with Gasteiger partial charge in [-0.1, -0.05) is 0 Å². The molecule has 1 fully saturated rings. The summed E-state index contributed by atoms with van der Waals surface area (Å²) in [6.45, 7) is 1.24. The van der Waals surface area contributed by atoms with E-state index in [1.165, 1.54) is 24.3 Å². The Labute approximate surface area is 80.9 Å². The molecule has 1 atom stereocenters. The first-order valence-electron chi connectivity index (χ1n) is 4.41. The molecule has 0 aromatic heterocycles. The lowest BCUT2D eigenvalue weighted by Crippen LogP contribution is -2.27. The standard InChI is InChI=1S/C10H10FNO2/c11-8-3-1-7(2-4-8)10(13)12-5-9-6-14-9/h1-4,9H,5-6H2,(H,12,13)/t9-/m0/s1. The van der Waals surface area contributed by atoms with Crippen LogP contribution in [0.4, 0.5) is 4.39 Å². The van der Waals surface area contributed by atoms with Crippen molar-refractivity contribution in [3.8, 4) is 0 Å². The highest BCUT2D eigenvalue weighted by Crippen LogP contribution is 2.07. The van der Waals surface area contributed by atoms with E-state index in [4.69, 9.17) is 4.74 Å². The molecule has 0 unspecified atom stereocenters. The summed E-state index contributed by atoms with van der Waals surface area (Å²) < 4.78 is 17.5. The Hall–Kier alpha value is -1.42. The van der Waals surface area contributed by atoms with Crippen molar-refractivity contribution < 1.29 is 13.9 Å². The normalized spacial score (nSPS) is 19.1. The van der Waals surface area contributed by atoms with Crippen molar-refractivity contribution in [1.29, 1.82) is 0 Å². The van der Waals surface area contributed by atoms with E-state index in [0.717, 1.165) is 0 Å². The number of rotatable bonds is 3. The van der Waals surface area contributed by atoms with Crippen LogP contribution in [-0.2, 0) is 4.74 Å². The molecule has 1 aromatic carbocycles. The van der Waals surface area contributed by atoms with E-state index < -0.39 is 0 Å². The maximum atomic E-state index is 12.5. The average Bonchev–Trinajstić information content (AvgIpc) is 2.99. The van der Waals surface area contributed by atoms with Gasteiger partial charge in [0.25, 0.3) is 5.91 Å². The van der Waals surface area contributed by atoms with Gasteiger partial charge in [0, 0.05) is 12.1 Å². The van der Waals surface area contributed by atoms with Crippen LogP contribution in [0.1, 0.15) is 10.4 Å². The van der Waals surface area contributed by atoms with Crippen molar-refractivity contribution in [1.82, 2.24) is 5.32 Å². The number of hydrogen-bond donors (Lipinski definition) is 1. The van der Waals surface area contributed by atoms with E-state index in [1.807, 2.05) is 0 Å². The van der Waals surface area contributed by atoms with E-state index in [0.29, 0.717) is 18.7 Å². The molecule has 1 aliphatic heterocycles. The first kappa shape index (κ1) is 9.15. The van der Waals surface area contributed by atoms with Gasteiger partial charge in [0.15, 0.2) is 0 Å². The molecule has 74 valence electrons. The van der Waals surface area contributed by atoms with Gasteiger partial charge >= 0.3 is 0 Å². The van der Waals surface area contributed by atoms with E-state index in [1.54, 1.807) is 0 Å². The molecule has 3 nitrogen and oxygen atoms in total. The van der Waals surface area contributed by atoms with Crippen molar-refractivity contribution in [2.24, 2.45) is 0 Å². The number of halogens is 1. The SMILES string of the molecule is O=C(NC[C@H]1CO1)c1ccc(F)cc1. The zero-order chi connectivity index (χ0) is 9.97. The monoisotopic (exact) mass is 195 g/mol. The second-order valence-electron chi connectivity index (χ2n) is 3.17. The summed E-state index contributed by atoms with van der Waals surface area (Å²) in [4.78, 5) is 11.4. The zero-order valence-corrected chi connectivity index (χ0v) is 7.50. The topological polar surface area (TPSA) is 41.6 Å². The fraction of sp³-hybridized carbons (Fsp3) is 0.300. The maximum absolute atomic E-state index is 12.5. The Balaban J connectivity index is 1.92. The van der Waals surface area contributed by atoms with E-state index in [-0.39, 0.29) is 17.8 Å². The van der Waals surface area contributed by atoms with E-state index in [9.17, 15) is 9.18 Å². The predicted molar refractivity (Wildman–Crippen MR) is 48.5 cm³/mol. The Morgan fingerprint density at radius 1 is 1.50 bits per heavy atom. The van der Waals surface area contributed by atoms with Crippen LogP contribution in [0.3, 0.4) is 0 Å². The highest BCUT2D eigenvalue weighted by atomic mass is 19.1. The smallest absolute Gasteiger partial charge is 0.251 e. The van der Waals surface area contributed by atoms with E-state index in [2.05, 4.69) is 5.32 Å². The van der Waals surface area contributed by atoms with Gasteiger partial charge in [-0.15, -0.1) is 0 Å². The zero-order valence-electron chi connectivity index (χ0n) is 7.50. The minimum absolute atomic E-state index is 0.166. The first-order valence-corrected chi connectivity index (χ1v) is 4.41. The second kappa shape index (κ2) is 3.75. The van der Waals surface area contributed by atoms with Gasteiger partial charge in [-0.2, -0.15) is 0 Å². The van der Waals surface area contributed by atoms with Crippen molar-refractivity contribution in [3.05, 3.63) is 35.6 Å². The third-order valence-corrected chi connectivity index (χ3v) is 2.00. The molecule has 1 aliphatic rings. The number of carbonyl (C=O) groups excluding carboxylic acids is 1. The lowest BCUT2D eigenvalue weighted by atomic mass is 10.2. The minimum atomic E-state index is -0.341. The summed E-state index contributed by atoms with van der Waals surface area (Å²) in [5.74, 6) is -0.535. The Morgan fingerprint density at radius 3 is 2.71 bits per heavy atom. The van der Waals surface area contributed by atoms with Crippen LogP contribution in [0.15, 0.2) is 24.3 Å². The largest absolute Gasteiger partial charge is 0.371 e. The molecular weight excluding hydrogens is 185 g/mol. The number of hydrogen-bond acceptors (Lipinski definition) is 2. The van der Waals surface area contributed by atoms with E-state index >= 15 is 0 Å². The number of carbonyl (C=O) groups is 1. The van der Waals surface area contributed by atoms with Crippen LogP contribution in [0, 0.1) is 5.82 Å². The molecule has 1 saturated heterocycles. The number of ether oxygens (including phenoxy) is 1. The maximum Gasteiger partial charge on any atom is 0.251 e. The fourth-order valence-corrected chi connectivity index (χ4v) is 1.10. The van der Waals surface area contributed by atoms with Gasteiger partial charge < -0.3 is 10.1 Å². The molecule has 0 radical (unpaired) electrons. The quantitative estimate of drug-likeness (QED) is 0.730. The summed E-state index contributed by atoms with van der Waals surface area (Å²) >= 11 is 0. The van der Waals surface area contributed by atoms with Crippen molar-refractivity contribution in [2.45, 2.75) is 6.10 Å². The van der Waals surface area contributed by atoms with Gasteiger partial charge in [0.1, 0.15) is 5.82 Å². The Bertz CT molecular complexity index is 332. The molecule has 0 spiro atoms. The number of epoxide rings is 1. The van der Waals surface area contributed by atoms with Gasteiger partial charge in [0.05, 0.1) is 12.7 Å². The highest BCUT2D eigenvalue weighted by Gasteiger charge is 2.22. The minimum Gasteiger partial charge on any atom is -0.371 e. The van der Waals surface area contributed by atoms with Crippen LogP contribution in [-0.4, -0.2) is 25.2 Å². The van der Waals surface area contributed by atoms with Crippen LogP contribution in [0.2, 0.25) is 0 Å². The molecule has 0 bridgehead atoms. The molecular formula is C10H10FNO2. The first-order chi connectivity index (χ1) is 6.75. The van der Waals surface area contributed by atoms with Crippen molar-refractivity contribution >= 4 is 5.91 Å². The van der Waals surface area contributed by atoms with Crippen LogP contribution in [0.5, 0.6) is 0 Å². The molecule has 14 heavy (non-hydrogen) atoms. The molecule has 4 heteroatoms. The average molecular weight is 195 g/mol. The lowest BCUT2D eigenvalue weighted by Gasteiger charge is -2.02. The summed E-state index contributed by atoms with van der Waals surface area (Å²) in [6, 6.07) is 5.45. The third kappa shape index (κ3) is 2.29. The molecule has 0 aliphatic carbocycles. The second-order valence-corrected chi connectivity index (χ2v) is 3.17. The third-order valence-electron chi connectivity index (χ3n) is 2.00. The number of amides is 1. The van der Waals surface area contributed by atoms with Crippen LogP contribution < -0.4 is 5.32 Å². The van der Waals surface area contributed by atoms with Gasteiger partial charge in [-0.05, 0) is 24.3 Å². The Morgan fingerprint density at radius 2 is 2.14 bits per heavy atom. The summed E-state index contributed by atoms with van der Waals surface area (Å²) in [6.07, 6.45) is 0.166. The highest BCUT2D eigenvalue weighted by molar-refractivity contribution is 5.94. The number of nitrogens with one attached hydrogen (secondary N) is 1. The Kier molecular flexibility index (Phi) is 2.45. The van der Waals surface area contributed by atoms with Gasteiger partial charge in [-0.25, -0.2) is 4.39 Å². The molecule has 0 saturated carbocycles. The predicted octanol–water partition coefficient (Wildman–Crippen LogP) is 0.954. The van der Waals surface area contributed by atoms with Crippen molar-refractivity contribution in [3.63, 3.8) is 0 Å². The molecule has 2 rings (SSSR count). The summed E-state index contributed by atoms with van der Waals surface area (Å²) in [5, 5.41) is 2.69. The van der Waals surface area contributed by atoms with Crippen LogP contribution in [0.25, 0.3) is 0 Å². The molecule has 1 N–H and O–H groups in total. The molecule has 1 heterocycles. The number of benzene rings is 1.